The van der Waals surface area contributed by atoms with E-state index in [-0.39, 0.29) is 24.0 Å². The molecule has 0 aromatic heterocycles. The maximum absolute atomic E-state index is 12.6. The normalized spacial score (nSPS) is 32.9. The molecule has 5 rings (SSSR count). The van der Waals surface area contributed by atoms with Gasteiger partial charge in [-0.05, 0) is 74.0 Å². The van der Waals surface area contributed by atoms with Crippen LogP contribution >= 0.6 is 0 Å². The number of aliphatic carboxylic acids is 1. The van der Waals surface area contributed by atoms with Gasteiger partial charge in [0.1, 0.15) is 6.10 Å². The van der Waals surface area contributed by atoms with Crippen molar-refractivity contribution >= 4 is 11.9 Å². The van der Waals surface area contributed by atoms with Crippen LogP contribution in [0.4, 0.5) is 0 Å². The fraction of sp³-hybridized carbons (Fsp3) is 0.667. The van der Waals surface area contributed by atoms with Gasteiger partial charge in [-0.1, -0.05) is 24.3 Å². The van der Waals surface area contributed by atoms with E-state index in [0.29, 0.717) is 24.2 Å². The lowest BCUT2D eigenvalue weighted by atomic mass is 9.86. The molecule has 4 atom stereocenters. The third kappa shape index (κ3) is 3.76. The highest BCUT2D eigenvalue weighted by atomic mass is 16.5. The van der Waals surface area contributed by atoms with Gasteiger partial charge in [-0.3, -0.25) is 9.59 Å². The van der Waals surface area contributed by atoms with Crippen LogP contribution in [0.3, 0.4) is 0 Å². The van der Waals surface area contributed by atoms with E-state index in [1.54, 1.807) is 0 Å². The van der Waals surface area contributed by atoms with Gasteiger partial charge in [0.15, 0.2) is 0 Å². The Kier molecular flexibility index (Phi) is 5.31. The molecule has 162 valence electrons. The van der Waals surface area contributed by atoms with Gasteiger partial charge in [-0.25, -0.2) is 0 Å². The maximum Gasteiger partial charge on any atom is 0.306 e. The number of rotatable bonds is 4. The molecule has 3 heterocycles. The van der Waals surface area contributed by atoms with E-state index < -0.39 is 5.97 Å². The molecule has 3 saturated heterocycles. The third-order valence-corrected chi connectivity index (χ3v) is 7.96. The molecule has 1 saturated carbocycles. The average Bonchev–Trinajstić information content (AvgIpc) is 3.20. The summed E-state index contributed by atoms with van der Waals surface area (Å²) in [6.45, 7) is 3.20. The van der Waals surface area contributed by atoms with Gasteiger partial charge in [0.05, 0.1) is 5.92 Å². The molecule has 1 spiro atoms. The number of carboxylic acid groups (broad SMARTS) is 1. The summed E-state index contributed by atoms with van der Waals surface area (Å²) in [4.78, 5) is 26.0. The summed E-state index contributed by atoms with van der Waals surface area (Å²) in [5.41, 5.74) is 2.95. The van der Waals surface area contributed by atoms with Crippen molar-refractivity contribution in [3.05, 3.63) is 35.4 Å². The first-order valence-corrected chi connectivity index (χ1v) is 11.5. The molecular weight excluding hydrogens is 380 g/mol. The lowest BCUT2D eigenvalue weighted by molar-refractivity contribution is -0.143. The topological polar surface area (TPSA) is 78.9 Å². The molecule has 1 aliphatic carbocycles. The monoisotopic (exact) mass is 412 g/mol. The molecule has 2 unspecified atom stereocenters. The number of nitrogens with one attached hydrogen (secondary N) is 1. The second kappa shape index (κ2) is 7.97. The van der Waals surface area contributed by atoms with E-state index >= 15 is 0 Å². The van der Waals surface area contributed by atoms with Crippen molar-refractivity contribution in [1.29, 1.82) is 0 Å². The molecule has 6 heteroatoms. The number of carboxylic acids is 1. The van der Waals surface area contributed by atoms with Crippen molar-refractivity contribution in [2.24, 2.45) is 11.3 Å². The van der Waals surface area contributed by atoms with Crippen LogP contribution in [0.1, 0.15) is 68.0 Å². The molecule has 30 heavy (non-hydrogen) atoms. The highest BCUT2D eigenvalue weighted by Crippen LogP contribution is 2.65. The van der Waals surface area contributed by atoms with Crippen molar-refractivity contribution in [2.75, 3.05) is 26.2 Å². The van der Waals surface area contributed by atoms with Crippen molar-refractivity contribution in [1.82, 2.24) is 10.2 Å². The smallest absolute Gasteiger partial charge is 0.306 e. The van der Waals surface area contributed by atoms with Gasteiger partial charge in [-0.2, -0.15) is 0 Å². The minimum absolute atomic E-state index is 0.133. The number of benzene rings is 1. The van der Waals surface area contributed by atoms with Crippen LogP contribution in [0.15, 0.2) is 24.3 Å². The molecule has 0 radical (unpaired) electrons. The zero-order valence-electron chi connectivity index (χ0n) is 17.5. The summed E-state index contributed by atoms with van der Waals surface area (Å²) in [6.07, 6.45) is 6.44. The van der Waals surface area contributed by atoms with Crippen LogP contribution in [-0.4, -0.2) is 54.2 Å². The number of amides is 1. The number of carbonyl (C=O) groups is 2. The van der Waals surface area contributed by atoms with E-state index in [9.17, 15) is 14.7 Å². The zero-order chi connectivity index (χ0) is 20.7. The number of likely N-dealkylation sites (tertiary alicyclic amines) is 1. The van der Waals surface area contributed by atoms with Gasteiger partial charge >= 0.3 is 5.97 Å². The predicted molar refractivity (Wildman–Crippen MR) is 112 cm³/mol. The van der Waals surface area contributed by atoms with Gasteiger partial charge in [0.25, 0.3) is 5.91 Å². The van der Waals surface area contributed by atoms with E-state index in [1.807, 2.05) is 4.90 Å². The quantitative estimate of drug-likeness (QED) is 0.795. The Morgan fingerprint density at radius 2 is 1.83 bits per heavy atom. The van der Waals surface area contributed by atoms with E-state index in [2.05, 4.69) is 29.6 Å². The molecule has 4 fully saturated rings. The fourth-order valence-electron chi connectivity index (χ4n) is 5.88. The van der Waals surface area contributed by atoms with E-state index in [1.165, 1.54) is 17.5 Å². The third-order valence-electron chi connectivity index (χ3n) is 7.96. The summed E-state index contributed by atoms with van der Waals surface area (Å²) in [7, 11) is 0. The Balaban J connectivity index is 1.17. The average molecular weight is 413 g/mol. The first-order valence-electron chi connectivity index (χ1n) is 11.5. The van der Waals surface area contributed by atoms with E-state index in [4.69, 9.17) is 4.74 Å². The number of ether oxygens (including phenoxy) is 1. The Bertz CT molecular complexity index is 794. The summed E-state index contributed by atoms with van der Waals surface area (Å²) in [6, 6.07) is 8.97. The highest BCUT2D eigenvalue weighted by molar-refractivity contribution is 5.81. The molecule has 4 aliphatic rings. The first-order chi connectivity index (χ1) is 14.6. The summed E-state index contributed by atoms with van der Waals surface area (Å²) in [5.74, 6) is -0.131. The Morgan fingerprint density at radius 1 is 1.10 bits per heavy atom. The van der Waals surface area contributed by atoms with Gasteiger partial charge in [-0.15, -0.1) is 0 Å². The maximum atomic E-state index is 12.6. The van der Waals surface area contributed by atoms with Crippen LogP contribution in [0.25, 0.3) is 0 Å². The van der Waals surface area contributed by atoms with Crippen molar-refractivity contribution in [3.63, 3.8) is 0 Å². The number of hydrogen-bond acceptors (Lipinski definition) is 4. The summed E-state index contributed by atoms with van der Waals surface area (Å²) in [5, 5.41) is 12.8. The zero-order valence-corrected chi connectivity index (χ0v) is 17.5. The predicted octanol–water partition coefficient (Wildman–Crippen LogP) is 3.09. The van der Waals surface area contributed by atoms with Crippen molar-refractivity contribution in [3.8, 4) is 0 Å². The molecule has 3 aliphatic heterocycles. The van der Waals surface area contributed by atoms with Crippen LogP contribution < -0.4 is 5.32 Å². The minimum atomic E-state index is -0.678. The standard InChI is InChI=1S/C24H32N2O4/c27-22(21-2-1-13-30-21)26-11-8-24(9-12-26)15-19(24)16-3-5-17(6-4-16)20-14-18(23(28)29)7-10-25-20/h3-6,18-21,25H,1-2,7-15H2,(H,28,29)/t18?,19-,20?,21+/m0/s1. The van der Waals surface area contributed by atoms with Crippen LogP contribution in [0.2, 0.25) is 0 Å². The SMILES string of the molecule is O=C(O)C1CCNC(c2ccc([C@@H]3CC34CCN(C(=O)[C@H]3CCCO3)CC4)cc2)C1. The van der Waals surface area contributed by atoms with Crippen LogP contribution in [-0.2, 0) is 14.3 Å². The number of piperidine rings is 2. The fourth-order valence-corrected chi connectivity index (χ4v) is 5.88. The number of nitrogens with zero attached hydrogens (tertiary/aromatic N) is 1. The molecule has 1 aromatic carbocycles. The van der Waals surface area contributed by atoms with Crippen molar-refractivity contribution in [2.45, 2.75) is 63.0 Å². The summed E-state index contributed by atoms with van der Waals surface area (Å²) < 4.78 is 5.58. The van der Waals surface area contributed by atoms with Gasteiger partial charge < -0.3 is 20.1 Å². The lowest BCUT2D eigenvalue weighted by Crippen LogP contribution is -2.44. The van der Waals surface area contributed by atoms with Crippen LogP contribution in [0, 0.1) is 11.3 Å². The molecule has 0 bridgehead atoms. The Hall–Kier alpha value is -1.92. The Labute approximate surface area is 178 Å². The minimum Gasteiger partial charge on any atom is -0.481 e. The molecule has 1 aromatic rings. The second-order valence-corrected chi connectivity index (χ2v) is 9.68. The largest absolute Gasteiger partial charge is 0.481 e. The lowest BCUT2D eigenvalue weighted by Gasteiger charge is -2.34. The second-order valence-electron chi connectivity index (χ2n) is 9.68. The summed E-state index contributed by atoms with van der Waals surface area (Å²) >= 11 is 0. The number of carbonyl (C=O) groups excluding carboxylic acids is 1. The highest BCUT2D eigenvalue weighted by Gasteiger charge is 2.55. The van der Waals surface area contributed by atoms with Crippen LogP contribution in [0.5, 0.6) is 0 Å². The van der Waals surface area contributed by atoms with Crippen molar-refractivity contribution < 1.29 is 19.4 Å². The molecule has 6 nitrogen and oxygen atoms in total. The first kappa shape index (κ1) is 20.0. The molecular formula is C24H32N2O4. The van der Waals surface area contributed by atoms with Gasteiger partial charge in [0.2, 0.25) is 0 Å². The van der Waals surface area contributed by atoms with Gasteiger partial charge in [0, 0.05) is 25.7 Å². The molecule has 1 amide bonds. The van der Waals surface area contributed by atoms with E-state index in [0.717, 1.165) is 51.9 Å². The molecule has 2 N–H and O–H groups in total. The number of hydrogen-bond donors (Lipinski definition) is 2. The Morgan fingerprint density at radius 3 is 2.50 bits per heavy atom.